The molecule has 3 N–H and O–H groups in total. The van der Waals surface area contributed by atoms with E-state index in [1.54, 1.807) is 0 Å². The van der Waals surface area contributed by atoms with E-state index in [1.165, 1.54) is 19.3 Å². The zero-order chi connectivity index (χ0) is 14.7. The Hall–Kier alpha value is -1.03. The molecule has 0 atom stereocenters. The minimum Gasteiger partial charge on any atom is -0.396 e. The number of aliphatic hydroxyl groups excluding tert-OH is 1. The molecule has 0 radical (unpaired) electrons. The van der Waals surface area contributed by atoms with Crippen LogP contribution in [0.4, 0.5) is 0 Å². The van der Waals surface area contributed by atoms with Gasteiger partial charge in [-0.25, -0.2) is 0 Å². The summed E-state index contributed by atoms with van der Waals surface area (Å²) in [5.74, 6) is 0. The van der Waals surface area contributed by atoms with Crippen molar-refractivity contribution in [3.8, 4) is 0 Å². The summed E-state index contributed by atoms with van der Waals surface area (Å²) in [6, 6.07) is 8.09. The maximum atomic E-state index is 9.73. The van der Waals surface area contributed by atoms with E-state index in [2.05, 4.69) is 10.3 Å². The molecule has 0 amide bonds. The molecule has 0 aliphatic heterocycles. The van der Waals surface area contributed by atoms with Crippen LogP contribution in [0.5, 0.6) is 0 Å². The van der Waals surface area contributed by atoms with Crippen LogP contribution in [0.2, 0.25) is 5.02 Å². The van der Waals surface area contributed by atoms with Crippen molar-refractivity contribution in [3.05, 3.63) is 35.0 Å². The number of fused-ring (bicyclic) bond motifs is 1. The third-order valence-electron chi connectivity index (χ3n) is 4.77. The van der Waals surface area contributed by atoms with Crippen molar-refractivity contribution in [1.29, 1.82) is 0 Å². The molecular weight excluding hydrogens is 284 g/mol. The van der Waals surface area contributed by atoms with Crippen molar-refractivity contribution in [1.82, 2.24) is 10.3 Å². The Morgan fingerprint density at radius 1 is 1.19 bits per heavy atom. The Balaban J connectivity index is 1.65. The molecule has 1 aromatic carbocycles. The fourth-order valence-corrected chi connectivity index (χ4v) is 3.71. The van der Waals surface area contributed by atoms with Gasteiger partial charge in [0.1, 0.15) is 0 Å². The Morgan fingerprint density at radius 3 is 2.67 bits per heavy atom. The Labute approximate surface area is 130 Å². The van der Waals surface area contributed by atoms with E-state index in [1.807, 2.05) is 24.3 Å². The molecule has 1 aromatic heterocycles. The highest BCUT2D eigenvalue weighted by Crippen LogP contribution is 2.35. The highest BCUT2D eigenvalue weighted by Gasteiger charge is 2.30. The molecule has 1 aliphatic rings. The summed E-state index contributed by atoms with van der Waals surface area (Å²) in [7, 11) is 0. The van der Waals surface area contributed by atoms with Gasteiger partial charge in [-0.15, -0.1) is 0 Å². The average Bonchev–Trinajstić information content (AvgIpc) is 2.85. The van der Waals surface area contributed by atoms with Crippen LogP contribution >= 0.6 is 11.6 Å². The summed E-state index contributed by atoms with van der Waals surface area (Å²) < 4.78 is 0. The molecule has 0 saturated heterocycles. The van der Waals surface area contributed by atoms with Gasteiger partial charge in [0.2, 0.25) is 0 Å². The molecule has 114 valence electrons. The van der Waals surface area contributed by atoms with Crippen molar-refractivity contribution in [2.45, 2.75) is 38.6 Å². The maximum Gasteiger partial charge on any atom is 0.0705 e. The van der Waals surface area contributed by atoms with Gasteiger partial charge in [0, 0.05) is 41.7 Å². The molecule has 4 heteroatoms. The smallest absolute Gasteiger partial charge is 0.0705 e. The van der Waals surface area contributed by atoms with Crippen molar-refractivity contribution in [2.75, 3.05) is 13.2 Å². The van der Waals surface area contributed by atoms with Crippen LogP contribution in [0.3, 0.4) is 0 Å². The first-order valence-electron chi connectivity index (χ1n) is 7.81. The van der Waals surface area contributed by atoms with Gasteiger partial charge in [0.05, 0.1) is 5.02 Å². The highest BCUT2D eigenvalue weighted by molar-refractivity contribution is 6.36. The van der Waals surface area contributed by atoms with E-state index in [0.29, 0.717) is 0 Å². The number of rotatable bonds is 5. The number of aliphatic hydroxyl groups is 1. The number of H-pyrrole nitrogens is 1. The fraction of sp³-hybridized carbons (Fsp3) is 0.529. The summed E-state index contributed by atoms with van der Waals surface area (Å²) in [5, 5.41) is 15.1. The third-order valence-corrected chi connectivity index (χ3v) is 5.20. The zero-order valence-corrected chi connectivity index (χ0v) is 13.0. The average molecular weight is 307 g/mol. The van der Waals surface area contributed by atoms with Crippen LogP contribution in [0.15, 0.2) is 24.3 Å². The summed E-state index contributed by atoms with van der Waals surface area (Å²) in [5.41, 5.74) is 2.17. The van der Waals surface area contributed by atoms with Gasteiger partial charge in [0.25, 0.3) is 0 Å². The monoisotopic (exact) mass is 306 g/mol. The summed E-state index contributed by atoms with van der Waals surface area (Å²) >= 11 is 6.43. The number of aromatic nitrogens is 1. The number of para-hydroxylation sites is 1. The van der Waals surface area contributed by atoms with Crippen LogP contribution in [-0.2, 0) is 6.54 Å². The normalized spacial score (nSPS) is 18.2. The second-order valence-electron chi connectivity index (χ2n) is 6.29. The first-order chi connectivity index (χ1) is 10.2. The minimum absolute atomic E-state index is 0.0662. The quantitative estimate of drug-likeness (QED) is 0.785. The molecule has 3 nitrogen and oxygen atoms in total. The highest BCUT2D eigenvalue weighted by atomic mass is 35.5. The van der Waals surface area contributed by atoms with Crippen molar-refractivity contribution in [3.63, 3.8) is 0 Å². The van der Waals surface area contributed by atoms with E-state index in [9.17, 15) is 5.11 Å². The van der Waals surface area contributed by atoms with Crippen LogP contribution in [0.25, 0.3) is 10.9 Å². The van der Waals surface area contributed by atoms with Crippen molar-refractivity contribution >= 4 is 22.5 Å². The lowest BCUT2D eigenvalue weighted by Gasteiger charge is -2.35. The van der Waals surface area contributed by atoms with Crippen LogP contribution in [0.1, 0.15) is 37.8 Å². The zero-order valence-electron chi connectivity index (χ0n) is 12.3. The van der Waals surface area contributed by atoms with Crippen molar-refractivity contribution in [2.24, 2.45) is 5.41 Å². The first-order valence-corrected chi connectivity index (χ1v) is 8.19. The molecule has 0 spiro atoms. The van der Waals surface area contributed by atoms with E-state index in [0.717, 1.165) is 47.6 Å². The lowest BCUT2D eigenvalue weighted by Crippen LogP contribution is -2.38. The number of hydrogen-bond donors (Lipinski definition) is 3. The Morgan fingerprint density at radius 2 is 1.95 bits per heavy atom. The summed E-state index contributed by atoms with van der Waals surface area (Å²) in [6.07, 6.45) is 6.01. The number of nitrogens with one attached hydrogen (secondary N) is 2. The van der Waals surface area contributed by atoms with E-state index < -0.39 is 0 Å². The summed E-state index contributed by atoms with van der Waals surface area (Å²) in [4.78, 5) is 3.38. The van der Waals surface area contributed by atoms with Crippen molar-refractivity contribution < 1.29 is 5.11 Å². The fourth-order valence-electron chi connectivity index (χ4n) is 3.43. The largest absolute Gasteiger partial charge is 0.396 e. The minimum atomic E-state index is 0.0662. The predicted molar refractivity (Wildman–Crippen MR) is 87.6 cm³/mol. The standard InChI is InChI=1S/C17H23ClN2O/c18-16-13-6-2-3-7-14(13)20-15(16)10-19-11-17(12-21)8-4-1-5-9-17/h2-3,6-7,19-21H,1,4-5,8-12H2. The van der Waals surface area contributed by atoms with Gasteiger partial charge in [-0.2, -0.15) is 0 Å². The molecule has 1 fully saturated rings. The second kappa shape index (κ2) is 6.39. The van der Waals surface area contributed by atoms with E-state index in [-0.39, 0.29) is 12.0 Å². The third kappa shape index (κ3) is 3.10. The summed E-state index contributed by atoms with van der Waals surface area (Å²) in [6.45, 7) is 1.85. The Bertz CT molecular complexity index is 602. The van der Waals surface area contributed by atoms with Crippen LogP contribution < -0.4 is 5.32 Å². The molecule has 1 saturated carbocycles. The van der Waals surface area contributed by atoms with E-state index >= 15 is 0 Å². The van der Waals surface area contributed by atoms with Gasteiger partial charge in [0.15, 0.2) is 0 Å². The SMILES string of the molecule is OCC1(CNCc2[nH]c3ccccc3c2Cl)CCCCC1. The van der Waals surface area contributed by atoms with Gasteiger partial charge in [-0.1, -0.05) is 49.1 Å². The molecule has 21 heavy (non-hydrogen) atoms. The van der Waals surface area contributed by atoms with Gasteiger partial charge >= 0.3 is 0 Å². The second-order valence-corrected chi connectivity index (χ2v) is 6.66. The lowest BCUT2D eigenvalue weighted by molar-refractivity contribution is 0.0810. The number of benzene rings is 1. The lowest BCUT2D eigenvalue weighted by atomic mass is 9.74. The predicted octanol–water partition coefficient (Wildman–Crippen LogP) is 3.85. The van der Waals surface area contributed by atoms with Gasteiger partial charge in [-0.3, -0.25) is 0 Å². The molecule has 1 aliphatic carbocycles. The number of aromatic amines is 1. The maximum absolute atomic E-state index is 9.73. The number of hydrogen-bond acceptors (Lipinski definition) is 2. The van der Waals surface area contributed by atoms with E-state index in [4.69, 9.17) is 11.6 Å². The topological polar surface area (TPSA) is 48.0 Å². The van der Waals surface area contributed by atoms with Gasteiger partial charge in [-0.05, 0) is 18.9 Å². The molecule has 1 heterocycles. The van der Waals surface area contributed by atoms with Crippen LogP contribution in [-0.4, -0.2) is 23.2 Å². The Kier molecular flexibility index (Phi) is 4.53. The molecule has 0 bridgehead atoms. The molecule has 0 unspecified atom stereocenters. The molecular formula is C17H23ClN2O. The molecule has 2 aromatic rings. The molecule has 3 rings (SSSR count). The first kappa shape index (κ1) is 14.9. The number of halogens is 1. The van der Waals surface area contributed by atoms with Gasteiger partial charge < -0.3 is 15.4 Å². The van der Waals surface area contributed by atoms with Crippen LogP contribution in [0, 0.1) is 5.41 Å².